The molecule has 0 fully saturated rings. The average Bonchev–Trinajstić information content (AvgIpc) is 2.69. The van der Waals surface area contributed by atoms with Gasteiger partial charge in [-0.2, -0.15) is 0 Å². The van der Waals surface area contributed by atoms with E-state index in [0.717, 1.165) is 52.7 Å². The van der Waals surface area contributed by atoms with E-state index in [9.17, 15) is 10.2 Å². The van der Waals surface area contributed by atoms with Gasteiger partial charge in [0.15, 0.2) is 0 Å². The molecule has 0 saturated heterocycles. The van der Waals surface area contributed by atoms with Crippen molar-refractivity contribution in [2.45, 2.75) is 12.8 Å². The van der Waals surface area contributed by atoms with Crippen LogP contribution in [0.3, 0.4) is 0 Å². The Kier molecular flexibility index (Phi) is 6.54. The number of rotatable bonds is 7. The molecule has 0 aliphatic heterocycles. The molecular formula is C23H24BrNO2. The summed E-state index contributed by atoms with van der Waals surface area (Å²) >= 11 is 3.36. The monoisotopic (exact) mass is 425 g/mol. The van der Waals surface area contributed by atoms with Gasteiger partial charge in [0, 0.05) is 18.7 Å². The predicted molar refractivity (Wildman–Crippen MR) is 114 cm³/mol. The molecule has 140 valence electrons. The first-order valence-electron chi connectivity index (χ1n) is 9.07. The fraction of sp³-hybridized carbons (Fsp3) is 0.217. The predicted octanol–water partition coefficient (Wildman–Crippen LogP) is 5.24. The zero-order valence-electron chi connectivity index (χ0n) is 15.4. The molecule has 2 N–H and O–H groups in total. The average molecular weight is 426 g/mol. The molecule has 4 heteroatoms. The summed E-state index contributed by atoms with van der Waals surface area (Å²) in [5.41, 5.74) is 3.78. The van der Waals surface area contributed by atoms with Crippen LogP contribution in [0.4, 0.5) is 0 Å². The molecule has 0 atom stereocenters. The Hall–Kier alpha value is -2.30. The van der Waals surface area contributed by atoms with Gasteiger partial charge in [-0.15, -0.1) is 0 Å². The summed E-state index contributed by atoms with van der Waals surface area (Å²) in [6, 6.07) is 21.6. The maximum absolute atomic E-state index is 10.7. The first kappa shape index (κ1) is 19.5. The van der Waals surface area contributed by atoms with Crippen LogP contribution in [0.2, 0.25) is 0 Å². The van der Waals surface area contributed by atoms with Crippen molar-refractivity contribution < 1.29 is 10.2 Å². The summed E-state index contributed by atoms with van der Waals surface area (Å²) in [5.74, 6) is 0.681. The van der Waals surface area contributed by atoms with E-state index in [0.29, 0.717) is 11.5 Å². The maximum atomic E-state index is 10.7. The number of para-hydroxylation sites is 2. The topological polar surface area (TPSA) is 43.7 Å². The Bertz CT molecular complexity index is 896. The Labute approximate surface area is 169 Å². The largest absolute Gasteiger partial charge is 0.507 e. The van der Waals surface area contributed by atoms with Crippen molar-refractivity contribution in [1.29, 1.82) is 0 Å². The molecule has 3 nitrogen and oxygen atoms in total. The van der Waals surface area contributed by atoms with Gasteiger partial charge in [-0.25, -0.2) is 0 Å². The molecule has 0 bridgehead atoms. The highest BCUT2D eigenvalue weighted by Gasteiger charge is 2.10. The molecule has 0 aromatic heterocycles. The third-order valence-corrected chi connectivity index (χ3v) is 5.44. The lowest BCUT2D eigenvalue weighted by Gasteiger charge is -2.18. The maximum Gasteiger partial charge on any atom is 0.132 e. The number of benzene rings is 3. The Balaban J connectivity index is 1.61. The number of hydrogen-bond acceptors (Lipinski definition) is 3. The van der Waals surface area contributed by atoms with Crippen molar-refractivity contribution in [3.8, 4) is 22.6 Å². The molecule has 0 amide bonds. The number of phenols is 2. The van der Waals surface area contributed by atoms with Gasteiger partial charge in [-0.1, -0.05) is 60.7 Å². The molecule has 3 aromatic rings. The highest BCUT2D eigenvalue weighted by molar-refractivity contribution is 9.10. The first-order chi connectivity index (χ1) is 13.1. The number of nitrogens with zero attached hydrogens (tertiary/aromatic N) is 1. The van der Waals surface area contributed by atoms with Crippen LogP contribution in [0.5, 0.6) is 11.5 Å². The summed E-state index contributed by atoms with van der Waals surface area (Å²) < 4.78 is 0.727. The number of likely N-dealkylation sites (N-methyl/N-ethyl adjacent to an activating group) is 1. The van der Waals surface area contributed by atoms with E-state index >= 15 is 0 Å². The highest BCUT2D eigenvalue weighted by atomic mass is 79.9. The molecule has 0 heterocycles. The van der Waals surface area contributed by atoms with Crippen LogP contribution < -0.4 is 0 Å². The quantitative estimate of drug-likeness (QED) is 0.543. The van der Waals surface area contributed by atoms with E-state index in [2.05, 4.69) is 27.9 Å². The number of phenolic OH excluding ortho intramolecular Hbond substituents is 2. The van der Waals surface area contributed by atoms with Gasteiger partial charge >= 0.3 is 0 Å². The second kappa shape index (κ2) is 9.07. The zero-order chi connectivity index (χ0) is 19.2. The van der Waals surface area contributed by atoms with E-state index in [1.54, 1.807) is 0 Å². The Morgan fingerprint density at radius 3 is 2.00 bits per heavy atom. The second-order valence-corrected chi connectivity index (χ2v) is 7.58. The summed E-state index contributed by atoms with van der Waals surface area (Å²) in [6.45, 7) is 1.67. The summed E-state index contributed by atoms with van der Waals surface area (Å²) in [7, 11) is 2.06. The molecular weight excluding hydrogens is 402 g/mol. The Morgan fingerprint density at radius 1 is 0.741 bits per heavy atom. The van der Waals surface area contributed by atoms with Crippen molar-refractivity contribution in [2.24, 2.45) is 0 Å². The Morgan fingerprint density at radius 2 is 1.33 bits per heavy atom. The SMILES string of the molecule is CN(CCc1cccc(Br)c1O)CCc1cccc(-c2ccccc2)c1O. The van der Waals surface area contributed by atoms with Crippen LogP contribution in [-0.2, 0) is 12.8 Å². The molecule has 3 rings (SSSR count). The van der Waals surface area contributed by atoms with Crippen molar-refractivity contribution in [2.75, 3.05) is 20.1 Å². The van der Waals surface area contributed by atoms with E-state index in [1.807, 2.05) is 66.7 Å². The van der Waals surface area contributed by atoms with Crippen molar-refractivity contribution >= 4 is 15.9 Å². The number of aromatic hydroxyl groups is 2. The van der Waals surface area contributed by atoms with Crippen molar-refractivity contribution in [3.05, 3.63) is 82.3 Å². The van der Waals surface area contributed by atoms with Gasteiger partial charge in [0.2, 0.25) is 0 Å². The number of hydrogen-bond donors (Lipinski definition) is 2. The van der Waals surface area contributed by atoms with Crippen molar-refractivity contribution in [3.63, 3.8) is 0 Å². The van der Waals surface area contributed by atoms with Gasteiger partial charge in [-0.3, -0.25) is 0 Å². The first-order valence-corrected chi connectivity index (χ1v) is 9.86. The van der Waals surface area contributed by atoms with Crippen LogP contribution >= 0.6 is 15.9 Å². The van der Waals surface area contributed by atoms with Crippen LogP contribution in [0.25, 0.3) is 11.1 Å². The molecule has 0 saturated carbocycles. The minimum Gasteiger partial charge on any atom is -0.507 e. The molecule has 0 aliphatic carbocycles. The summed E-state index contributed by atoms with van der Waals surface area (Å²) in [5, 5.41) is 20.8. The minimum atomic E-state index is 0.319. The van der Waals surface area contributed by atoms with Gasteiger partial charge in [0.25, 0.3) is 0 Å². The fourth-order valence-corrected chi connectivity index (χ4v) is 3.55. The smallest absolute Gasteiger partial charge is 0.132 e. The normalized spacial score (nSPS) is 11.1. The van der Waals surface area contributed by atoms with E-state index in [4.69, 9.17) is 0 Å². The van der Waals surface area contributed by atoms with E-state index in [-0.39, 0.29) is 0 Å². The lowest BCUT2D eigenvalue weighted by atomic mass is 10.00. The summed E-state index contributed by atoms with van der Waals surface area (Å²) in [4.78, 5) is 2.22. The third kappa shape index (κ3) is 4.90. The lowest BCUT2D eigenvalue weighted by Crippen LogP contribution is -2.24. The van der Waals surface area contributed by atoms with Gasteiger partial charge in [0.05, 0.1) is 4.47 Å². The van der Waals surface area contributed by atoms with E-state index < -0.39 is 0 Å². The van der Waals surface area contributed by atoms with Gasteiger partial charge < -0.3 is 15.1 Å². The third-order valence-electron chi connectivity index (χ3n) is 4.80. The van der Waals surface area contributed by atoms with Crippen molar-refractivity contribution in [1.82, 2.24) is 4.90 Å². The molecule has 3 aromatic carbocycles. The summed E-state index contributed by atoms with van der Waals surface area (Å²) in [6.07, 6.45) is 1.55. The molecule has 27 heavy (non-hydrogen) atoms. The molecule has 0 spiro atoms. The standard InChI is InChI=1S/C23H24BrNO2/c1-25(16-14-19-10-6-12-21(24)23(19)27)15-13-18-9-5-11-20(22(18)26)17-7-3-2-4-8-17/h2-12,26-27H,13-16H2,1H3. The minimum absolute atomic E-state index is 0.319. The van der Waals surface area contributed by atoms with E-state index in [1.165, 1.54) is 0 Å². The number of halogens is 1. The highest BCUT2D eigenvalue weighted by Crippen LogP contribution is 2.32. The fourth-order valence-electron chi connectivity index (χ4n) is 3.14. The van der Waals surface area contributed by atoms with Gasteiger partial charge in [0.1, 0.15) is 11.5 Å². The van der Waals surface area contributed by atoms with Gasteiger partial charge in [-0.05, 0) is 58.6 Å². The van der Waals surface area contributed by atoms with Crippen LogP contribution in [0.1, 0.15) is 11.1 Å². The van der Waals surface area contributed by atoms with Crippen LogP contribution in [-0.4, -0.2) is 35.3 Å². The van der Waals surface area contributed by atoms with Crippen LogP contribution in [0.15, 0.2) is 71.2 Å². The second-order valence-electron chi connectivity index (χ2n) is 6.73. The van der Waals surface area contributed by atoms with Crippen LogP contribution in [0, 0.1) is 0 Å². The molecule has 0 radical (unpaired) electrons. The lowest BCUT2D eigenvalue weighted by molar-refractivity contribution is 0.338. The molecule has 0 unspecified atom stereocenters. The molecule has 0 aliphatic rings. The zero-order valence-corrected chi connectivity index (χ0v) is 17.0.